The molecule has 0 radical (unpaired) electrons. The molecular formula is C11H24N2O3. The summed E-state index contributed by atoms with van der Waals surface area (Å²) in [4.78, 5) is 13.7. The van der Waals surface area contributed by atoms with E-state index in [1.54, 1.807) is 19.1 Å². The molecule has 96 valence electrons. The van der Waals surface area contributed by atoms with Gasteiger partial charge in [-0.15, -0.1) is 0 Å². The summed E-state index contributed by atoms with van der Waals surface area (Å²) in [6.07, 6.45) is 0.547. The van der Waals surface area contributed by atoms with Crippen LogP contribution >= 0.6 is 0 Å². The van der Waals surface area contributed by atoms with E-state index in [0.29, 0.717) is 26.2 Å². The summed E-state index contributed by atoms with van der Waals surface area (Å²) in [6, 6.07) is -0.351. The first-order chi connectivity index (χ1) is 7.54. The first kappa shape index (κ1) is 15.3. The standard InChI is InChI=1S/C11H24N2O3/c1-9(2)13(6-8-16-4)11(14)10(12)5-7-15-3/h9-10H,5-8,12H2,1-4H3. The number of carbonyl (C=O) groups excluding carboxylic acids is 1. The summed E-state index contributed by atoms with van der Waals surface area (Å²) in [5.74, 6) is -0.0379. The number of nitrogens with two attached hydrogens (primary N) is 1. The molecular weight excluding hydrogens is 208 g/mol. The van der Waals surface area contributed by atoms with Gasteiger partial charge in [0.05, 0.1) is 12.6 Å². The van der Waals surface area contributed by atoms with Gasteiger partial charge in [-0.05, 0) is 20.3 Å². The molecule has 0 aliphatic rings. The highest BCUT2D eigenvalue weighted by molar-refractivity contribution is 5.81. The Morgan fingerprint density at radius 3 is 2.25 bits per heavy atom. The average molecular weight is 232 g/mol. The smallest absolute Gasteiger partial charge is 0.239 e. The Bertz CT molecular complexity index is 198. The number of hydrogen-bond donors (Lipinski definition) is 1. The van der Waals surface area contributed by atoms with Gasteiger partial charge in [-0.1, -0.05) is 0 Å². The summed E-state index contributed by atoms with van der Waals surface area (Å²) in [5, 5.41) is 0. The van der Waals surface area contributed by atoms with E-state index in [4.69, 9.17) is 15.2 Å². The van der Waals surface area contributed by atoms with Gasteiger partial charge in [0, 0.05) is 33.4 Å². The zero-order valence-corrected chi connectivity index (χ0v) is 10.7. The van der Waals surface area contributed by atoms with E-state index in [9.17, 15) is 4.79 Å². The SMILES string of the molecule is COCCC(N)C(=O)N(CCOC)C(C)C. The van der Waals surface area contributed by atoms with Gasteiger partial charge in [0.2, 0.25) is 5.91 Å². The zero-order chi connectivity index (χ0) is 12.6. The van der Waals surface area contributed by atoms with Gasteiger partial charge >= 0.3 is 0 Å². The van der Waals surface area contributed by atoms with Crippen molar-refractivity contribution in [2.75, 3.05) is 34.0 Å². The van der Waals surface area contributed by atoms with E-state index in [2.05, 4.69) is 0 Å². The van der Waals surface area contributed by atoms with Crippen LogP contribution in [-0.4, -0.2) is 56.9 Å². The van der Waals surface area contributed by atoms with Crippen molar-refractivity contribution < 1.29 is 14.3 Å². The van der Waals surface area contributed by atoms with Crippen LogP contribution in [-0.2, 0) is 14.3 Å². The number of rotatable bonds is 8. The molecule has 0 aromatic heterocycles. The molecule has 0 rings (SSSR count). The lowest BCUT2D eigenvalue weighted by atomic mass is 10.1. The van der Waals surface area contributed by atoms with Gasteiger partial charge in [-0.2, -0.15) is 0 Å². The average Bonchev–Trinajstić information content (AvgIpc) is 2.25. The maximum absolute atomic E-state index is 12.0. The highest BCUT2D eigenvalue weighted by Crippen LogP contribution is 2.03. The Morgan fingerprint density at radius 2 is 1.81 bits per heavy atom. The van der Waals surface area contributed by atoms with Crippen molar-refractivity contribution >= 4 is 5.91 Å². The minimum absolute atomic E-state index is 0.0379. The van der Waals surface area contributed by atoms with E-state index in [1.807, 2.05) is 13.8 Å². The lowest BCUT2D eigenvalue weighted by Gasteiger charge is -2.29. The van der Waals surface area contributed by atoms with E-state index in [0.717, 1.165) is 0 Å². The second-order valence-corrected chi connectivity index (χ2v) is 4.01. The fraction of sp³-hybridized carbons (Fsp3) is 0.909. The second kappa shape index (κ2) is 8.50. The summed E-state index contributed by atoms with van der Waals surface area (Å²) in [5.41, 5.74) is 5.80. The highest BCUT2D eigenvalue weighted by Gasteiger charge is 2.22. The zero-order valence-electron chi connectivity index (χ0n) is 10.7. The van der Waals surface area contributed by atoms with Gasteiger partial charge < -0.3 is 20.1 Å². The van der Waals surface area contributed by atoms with Crippen LogP contribution in [0.1, 0.15) is 20.3 Å². The molecule has 1 amide bonds. The molecule has 0 aliphatic heterocycles. The molecule has 16 heavy (non-hydrogen) atoms. The predicted molar refractivity (Wildman–Crippen MR) is 63.2 cm³/mol. The number of ether oxygens (including phenoxy) is 2. The lowest BCUT2D eigenvalue weighted by molar-refractivity contribution is -0.135. The third-order valence-electron chi connectivity index (χ3n) is 2.39. The number of amides is 1. The van der Waals surface area contributed by atoms with E-state index < -0.39 is 6.04 Å². The minimum atomic E-state index is -0.487. The lowest BCUT2D eigenvalue weighted by Crippen LogP contribution is -2.48. The quantitative estimate of drug-likeness (QED) is 0.651. The topological polar surface area (TPSA) is 64.8 Å². The molecule has 0 saturated carbocycles. The first-order valence-corrected chi connectivity index (χ1v) is 5.58. The normalized spacial score (nSPS) is 12.9. The molecule has 5 heteroatoms. The van der Waals surface area contributed by atoms with E-state index in [1.165, 1.54) is 0 Å². The van der Waals surface area contributed by atoms with Crippen LogP contribution in [0.25, 0.3) is 0 Å². The Kier molecular flexibility index (Phi) is 8.15. The second-order valence-electron chi connectivity index (χ2n) is 4.01. The van der Waals surface area contributed by atoms with E-state index >= 15 is 0 Å². The third kappa shape index (κ3) is 5.44. The molecule has 0 aromatic rings. The minimum Gasteiger partial charge on any atom is -0.385 e. The first-order valence-electron chi connectivity index (χ1n) is 5.58. The highest BCUT2D eigenvalue weighted by atomic mass is 16.5. The molecule has 0 fully saturated rings. The fourth-order valence-electron chi connectivity index (χ4n) is 1.39. The molecule has 0 bridgehead atoms. The Balaban J connectivity index is 4.24. The van der Waals surface area contributed by atoms with Crippen molar-refractivity contribution in [2.45, 2.75) is 32.4 Å². The Morgan fingerprint density at radius 1 is 1.25 bits per heavy atom. The van der Waals surface area contributed by atoms with Crippen molar-refractivity contribution in [1.29, 1.82) is 0 Å². The van der Waals surface area contributed by atoms with Crippen LogP contribution in [0.2, 0.25) is 0 Å². The van der Waals surface area contributed by atoms with Crippen molar-refractivity contribution in [2.24, 2.45) is 5.73 Å². The molecule has 0 aliphatic carbocycles. The number of hydrogen-bond acceptors (Lipinski definition) is 4. The number of carbonyl (C=O) groups is 1. The monoisotopic (exact) mass is 232 g/mol. The van der Waals surface area contributed by atoms with Crippen LogP contribution in [0, 0.1) is 0 Å². The predicted octanol–water partition coefficient (Wildman–Crippen LogP) is 0.234. The van der Waals surface area contributed by atoms with Gasteiger partial charge in [-0.3, -0.25) is 4.79 Å². The number of nitrogens with zero attached hydrogens (tertiary/aromatic N) is 1. The molecule has 5 nitrogen and oxygen atoms in total. The van der Waals surface area contributed by atoms with Crippen LogP contribution in [0.5, 0.6) is 0 Å². The number of methoxy groups -OCH3 is 2. The van der Waals surface area contributed by atoms with Crippen molar-refractivity contribution in [3.63, 3.8) is 0 Å². The van der Waals surface area contributed by atoms with Crippen molar-refractivity contribution in [1.82, 2.24) is 4.90 Å². The third-order valence-corrected chi connectivity index (χ3v) is 2.39. The van der Waals surface area contributed by atoms with Gasteiger partial charge in [0.25, 0.3) is 0 Å². The molecule has 0 aromatic carbocycles. The molecule has 1 atom stereocenters. The largest absolute Gasteiger partial charge is 0.385 e. The van der Waals surface area contributed by atoms with E-state index in [-0.39, 0.29) is 11.9 Å². The van der Waals surface area contributed by atoms with Crippen LogP contribution in [0.4, 0.5) is 0 Å². The molecule has 0 saturated heterocycles. The van der Waals surface area contributed by atoms with Crippen molar-refractivity contribution in [3.05, 3.63) is 0 Å². The maximum Gasteiger partial charge on any atom is 0.239 e. The van der Waals surface area contributed by atoms with Gasteiger partial charge in [-0.25, -0.2) is 0 Å². The molecule has 2 N–H and O–H groups in total. The summed E-state index contributed by atoms with van der Waals surface area (Å²) < 4.78 is 9.88. The molecule has 0 spiro atoms. The fourth-order valence-corrected chi connectivity index (χ4v) is 1.39. The summed E-state index contributed by atoms with van der Waals surface area (Å²) in [7, 11) is 3.22. The molecule has 0 heterocycles. The van der Waals surface area contributed by atoms with Gasteiger partial charge in [0.1, 0.15) is 0 Å². The van der Waals surface area contributed by atoms with Crippen LogP contribution < -0.4 is 5.73 Å². The van der Waals surface area contributed by atoms with Crippen LogP contribution in [0.15, 0.2) is 0 Å². The van der Waals surface area contributed by atoms with Gasteiger partial charge in [0.15, 0.2) is 0 Å². The molecule has 1 unspecified atom stereocenters. The Hall–Kier alpha value is -0.650. The summed E-state index contributed by atoms with van der Waals surface area (Å²) in [6.45, 7) is 5.55. The Labute approximate surface area is 97.9 Å². The van der Waals surface area contributed by atoms with Crippen LogP contribution in [0.3, 0.4) is 0 Å². The maximum atomic E-state index is 12.0. The van der Waals surface area contributed by atoms with Crippen molar-refractivity contribution in [3.8, 4) is 0 Å². The summed E-state index contributed by atoms with van der Waals surface area (Å²) >= 11 is 0.